The zero-order valence-electron chi connectivity index (χ0n) is 10.3. The van der Waals surface area contributed by atoms with Gasteiger partial charge in [-0.05, 0) is 18.1 Å². The lowest BCUT2D eigenvalue weighted by molar-refractivity contribution is 0.173. The van der Waals surface area contributed by atoms with E-state index in [1.807, 2.05) is 4.90 Å². The Morgan fingerprint density at radius 1 is 1.24 bits per heavy atom. The molecule has 92 valence electrons. The summed E-state index contributed by atoms with van der Waals surface area (Å²) < 4.78 is 0. The molecule has 1 aromatic rings. The predicted octanol–water partition coefficient (Wildman–Crippen LogP) is 1.01. The Bertz CT molecular complexity index is 394. The zero-order chi connectivity index (χ0) is 12.3. The second kappa shape index (κ2) is 5.19. The van der Waals surface area contributed by atoms with Crippen molar-refractivity contribution in [1.82, 2.24) is 9.80 Å². The van der Waals surface area contributed by atoms with Crippen LogP contribution in [-0.4, -0.2) is 41.9 Å². The van der Waals surface area contributed by atoms with E-state index >= 15 is 0 Å². The first-order chi connectivity index (χ1) is 8.16. The maximum atomic E-state index is 7.40. The van der Waals surface area contributed by atoms with Crippen molar-refractivity contribution in [1.29, 1.82) is 5.41 Å². The number of nitrogens with two attached hydrogens (primary N) is 1. The molecule has 2 rings (SSSR count). The lowest BCUT2D eigenvalue weighted by Gasteiger charge is -2.35. The highest BCUT2D eigenvalue weighted by Gasteiger charge is 2.17. The Balaban J connectivity index is 1.90. The molecule has 4 nitrogen and oxygen atoms in total. The molecule has 17 heavy (non-hydrogen) atoms. The first kappa shape index (κ1) is 11.9. The van der Waals surface area contributed by atoms with Crippen molar-refractivity contribution in [2.24, 2.45) is 5.73 Å². The number of hydrogen-bond donors (Lipinski definition) is 2. The molecule has 0 bridgehead atoms. The molecule has 1 aromatic carbocycles. The van der Waals surface area contributed by atoms with Gasteiger partial charge in [0.05, 0.1) is 0 Å². The van der Waals surface area contributed by atoms with Crippen LogP contribution in [0.5, 0.6) is 0 Å². The van der Waals surface area contributed by atoms with Crippen molar-refractivity contribution in [3.63, 3.8) is 0 Å². The lowest BCUT2D eigenvalue weighted by Crippen LogP contribution is -2.50. The third-order valence-corrected chi connectivity index (χ3v) is 3.37. The maximum Gasteiger partial charge on any atom is 0.188 e. The molecule has 0 spiro atoms. The number of benzene rings is 1. The zero-order valence-corrected chi connectivity index (χ0v) is 10.3. The molecular formula is C13H20N4. The van der Waals surface area contributed by atoms with E-state index in [0.717, 1.165) is 32.7 Å². The lowest BCUT2D eigenvalue weighted by atomic mass is 10.1. The number of rotatable bonds is 2. The molecule has 0 saturated carbocycles. The topological polar surface area (TPSA) is 56.4 Å². The van der Waals surface area contributed by atoms with Crippen molar-refractivity contribution >= 4 is 5.96 Å². The second-order valence-corrected chi connectivity index (χ2v) is 4.57. The third-order valence-electron chi connectivity index (χ3n) is 3.37. The maximum absolute atomic E-state index is 7.40. The molecule has 0 unspecified atom stereocenters. The number of guanidine groups is 1. The fourth-order valence-corrected chi connectivity index (χ4v) is 2.18. The quantitative estimate of drug-likeness (QED) is 0.591. The first-order valence-corrected chi connectivity index (χ1v) is 6.02. The van der Waals surface area contributed by atoms with Gasteiger partial charge in [0.1, 0.15) is 0 Å². The molecule has 1 saturated heterocycles. The SMILES string of the molecule is Cc1ccccc1CN1CCN(C(=N)N)CC1. The molecule has 1 aliphatic heterocycles. The van der Waals surface area contributed by atoms with E-state index < -0.39 is 0 Å². The Kier molecular flexibility index (Phi) is 3.64. The summed E-state index contributed by atoms with van der Waals surface area (Å²) in [6.07, 6.45) is 0. The average Bonchev–Trinajstić information content (AvgIpc) is 2.33. The predicted molar refractivity (Wildman–Crippen MR) is 69.9 cm³/mol. The average molecular weight is 232 g/mol. The minimum absolute atomic E-state index is 0.195. The van der Waals surface area contributed by atoms with Gasteiger partial charge >= 0.3 is 0 Å². The summed E-state index contributed by atoms with van der Waals surface area (Å²) in [5, 5.41) is 7.40. The van der Waals surface area contributed by atoms with E-state index in [4.69, 9.17) is 11.1 Å². The van der Waals surface area contributed by atoms with Gasteiger partial charge in [-0.1, -0.05) is 24.3 Å². The summed E-state index contributed by atoms with van der Waals surface area (Å²) in [5.74, 6) is 0.195. The van der Waals surface area contributed by atoms with Gasteiger partial charge < -0.3 is 10.6 Å². The van der Waals surface area contributed by atoms with Crippen LogP contribution in [0.4, 0.5) is 0 Å². The molecular weight excluding hydrogens is 212 g/mol. The van der Waals surface area contributed by atoms with Crippen molar-refractivity contribution in [3.8, 4) is 0 Å². The Hall–Kier alpha value is -1.55. The third kappa shape index (κ3) is 2.97. The van der Waals surface area contributed by atoms with Crippen LogP contribution in [-0.2, 0) is 6.54 Å². The van der Waals surface area contributed by atoms with Gasteiger partial charge in [-0.3, -0.25) is 10.3 Å². The summed E-state index contributed by atoms with van der Waals surface area (Å²) in [4.78, 5) is 4.34. The van der Waals surface area contributed by atoms with E-state index in [-0.39, 0.29) is 5.96 Å². The van der Waals surface area contributed by atoms with E-state index in [0.29, 0.717) is 0 Å². The van der Waals surface area contributed by atoms with E-state index in [1.54, 1.807) is 0 Å². The Morgan fingerprint density at radius 3 is 2.47 bits per heavy atom. The Morgan fingerprint density at radius 2 is 1.88 bits per heavy atom. The summed E-state index contributed by atoms with van der Waals surface area (Å²) >= 11 is 0. The van der Waals surface area contributed by atoms with E-state index in [9.17, 15) is 0 Å². The molecule has 1 heterocycles. The molecule has 0 aliphatic carbocycles. The van der Waals surface area contributed by atoms with Crippen molar-refractivity contribution < 1.29 is 0 Å². The minimum atomic E-state index is 0.195. The van der Waals surface area contributed by atoms with Gasteiger partial charge in [-0.25, -0.2) is 0 Å². The van der Waals surface area contributed by atoms with E-state index in [2.05, 4.69) is 36.1 Å². The van der Waals surface area contributed by atoms with Gasteiger partial charge in [0.25, 0.3) is 0 Å². The first-order valence-electron chi connectivity index (χ1n) is 6.02. The smallest absolute Gasteiger partial charge is 0.188 e. The number of hydrogen-bond acceptors (Lipinski definition) is 2. The van der Waals surface area contributed by atoms with Gasteiger partial charge in [-0.15, -0.1) is 0 Å². The molecule has 3 N–H and O–H groups in total. The van der Waals surface area contributed by atoms with Gasteiger partial charge in [0.15, 0.2) is 5.96 Å². The normalized spacial score (nSPS) is 17.1. The van der Waals surface area contributed by atoms with Crippen LogP contribution < -0.4 is 5.73 Å². The van der Waals surface area contributed by atoms with Crippen LogP contribution in [0.15, 0.2) is 24.3 Å². The van der Waals surface area contributed by atoms with Gasteiger partial charge in [-0.2, -0.15) is 0 Å². The minimum Gasteiger partial charge on any atom is -0.370 e. The summed E-state index contributed by atoms with van der Waals surface area (Å²) in [5.41, 5.74) is 8.22. The van der Waals surface area contributed by atoms with Gasteiger partial charge in [0.2, 0.25) is 0 Å². The fraction of sp³-hybridized carbons (Fsp3) is 0.462. The number of nitrogens with zero attached hydrogens (tertiary/aromatic N) is 2. The molecule has 0 aromatic heterocycles. The van der Waals surface area contributed by atoms with Crippen LogP contribution in [0.3, 0.4) is 0 Å². The van der Waals surface area contributed by atoms with E-state index in [1.165, 1.54) is 11.1 Å². The molecule has 0 amide bonds. The number of piperazine rings is 1. The highest BCUT2D eigenvalue weighted by atomic mass is 15.3. The summed E-state index contributed by atoms with van der Waals surface area (Å²) in [6, 6.07) is 8.51. The summed E-state index contributed by atoms with van der Waals surface area (Å²) in [7, 11) is 0. The van der Waals surface area contributed by atoms with Crippen LogP contribution in [0.1, 0.15) is 11.1 Å². The molecule has 0 atom stereocenters. The molecule has 0 radical (unpaired) electrons. The molecule has 1 aliphatic rings. The van der Waals surface area contributed by atoms with Crippen LogP contribution >= 0.6 is 0 Å². The fourth-order valence-electron chi connectivity index (χ4n) is 2.18. The molecule has 4 heteroatoms. The monoisotopic (exact) mass is 232 g/mol. The second-order valence-electron chi connectivity index (χ2n) is 4.57. The highest BCUT2D eigenvalue weighted by molar-refractivity contribution is 5.74. The van der Waals surface area contributed by atoms with Crippen molar-refractivity contribution in [2.75, 3.05) is 26.2 Å². The van der Waals surface area contributed by atoms with Crippen molar-refractivity contribution in [3.05, 3.63) is 35.4 Å². The van der Waals surface area contributed by atoms with Crippen LogP contribution in [0, 0.1) is 12.3 Å². The van der Waals surface area contributed by atoms with Gasteiger partial charge in [0, 0.05) is 32.7 Å². The standard InChI is InChI=1S/C13H20N4/c1-11-4-2-3-5-12(11)10-16-6-8-17(9-7-16)13(14)15/h2-5H,6-10H2,1H3,(H3,14,15). The molecule has 1 fully saturated rings. The van der Waals surface area contributed by atoms with Crippen molar-refractivity contribution in [2.45, 2.75) is 13.5 Å². The largest absolute Gasteiger partial charge is 0.370 e. The number of nitrogens with one attached hydrogen (secondary N) is 1. The van der Waals surface area contributed by atoms with Crippen LogP contribution in [0.2, 0.25) is 0 Å². The van der Waals surface area contributed by atoms with Crippen LogP contribution in [0.25, 0.3) is 0 Å². The number of aryl methyl sites for hydroxylation is 1. The highest BCUT2D eigenvalue weighted by Crippen LogP contribution is 2.12. The Labute approximate surface area is 103 Å². The summed E-state index contributed by atoms with van der Waals surface area (Å²) in [6.45, 7) is 6.84.